The lowest BCUT2D eigenvalue weighted by Gasteiger charge is -2.40. The van der Waals surface area contributed by atoms with Gasteiger partial charge in [0.15, 0.2) is 5.69 Å². The van der Waals surface area contributed by atoms with E-state index in [1.165, 1.54) is 5.56 Å². The monoisotopic (exact) mass is 405 g/mol. The SMILES string of the molecule is CCCc1cc(C(=O)N[C@@H]2c3ccccc3C3(CCNCC3)[C@H]2OC)no1.Cl. The number of carbonyl (C=O) groups excluding carboxylic acids is 1. The Balaban J connectivity index is 0.00000225. The topological polar surface area (TPSA) is 76.4 Å². The Labute approximate surface area is 171 Å². The van der Waals surface area contributed by atoms with Crippen LogP contribution in [0.2, 0.25) is 0 Å². The van der Waals surface area contributed by atoms with Gasteiger partial charge in [0.1, 0.15) is 5.76 Å². The summed E-state index contributed by atoms with van der Waals surface area (Å²) in [6.07, 6.45) is 3.64. The second-order valence-corrected chi connectivity index (χ2v) is 7.53. The highest BCUT2D eigenvalue weighted by molar-refractivity contribution is 5.92. The molecule has 1 saturated heterocycles. The quantitative estimate of drug-likeness (QED) is 0.799. The molecule has 152 valence electrons. The van der Waals surface area contributed by atoms with E-state index < -0.39 is 0 Å². The maximum atomic E-state index is 12.9. The predicted octanol–water partition coefficient (Wildman–Crippen LogP) is 3.17. The Kier molecular flexibility index (Phi) is 6.43. The Morgan fingerprint density at radius 2 is 2.11 bits per heavy atom. The number of piperidine rings is 1. The Hall–Kier alpha value is -1.89. The number of benzene rings is 1. The van der Waals surface area contributed by atoms with Crippen LogP contribution < -0.4 is 10.6 Å². The van der Waals surface area contributed by atoms with E-state index in [0.29, 0.717) is 5.69 Å². The lowest BCUT2D eigenvalue weighted by atomic mass is 9.72. The van der Waals surface area contributed by atoms with Gasteiger partial charge in [0, 0.05) is 25.0 Å². The maximum absolute atomic E-state index is 12.9. The molecule has 6 nitrogen and oxygen atoms in total. The average molecular weight is 406 g/mol. The van der Waals surface area contributed by atoms with Gasteiger partial charge in [-0.3, -0.25) is 4.79 Å². The van der Waals surface area contributed by atoms with Crippen molar-refractivity contribution in [3.8, 4) is 0 Å². The highest BCUT2D eigenvalue weighted by Crippen LogP contribution is 2.51. The Morgan fingerprint density at radius 1 is 1.36 bits per heavy atom. The van der Waals surface area contributed by atoms with Crippen LogP contribution >= 0.6 is 12.4 Å². The number of carbonyl (C=O) groups is 1. The molecule has 2 aliphatic rings. The third-order valence-electron chi connectivity index (χ3n) is 6.00. The van der Waals surface area contributed by atoms with Crippen LogP contribution in [0.1, 0.15) is 59.6 Å². The van der Waals surface area contributed by atoms with Crippen molar-refractivity contribution < 1.29 is 14.1 Å². The van der Waals surface area contributed by atoms with Crippen molar-refractivity contribution in [3.05, 3.63) is 52.9 Å². The fourth-order valence-electron chi connectivity index (χ4n) is 4.80. The standard InChI is InChI=1S/C21H27N3O3.ClH/c1-3-6-14-13-17(24-27-14)20(25)23-18-15-7-4-5-8-16(15)21(19(18)26-2)9-11-22-12-10-21;/h4-5,7-8,13,18-19,22H,3,6,9-12H2,1-2H3,(H,23,25);1H/t18-,19+;/m1./s1. The molecule has 1 aromatic carbocycles. The number of amides is 1. The van der Waals surface area contributed by atoms with Crippen molar-refractivity contribution in [1.82, 2.24) is 15.8 Å². The van der Waals surface area contributed by atoms with Gasteiger partial charge in [0.2, 0.25) is 0 Å². The smallest absolute Gasteiger partial charge is 0.274 e. The van der Waals surface area contributed by atoms with Crippen LogP contribution in [0.25, 0.3) is 0 Å². The van der Waals surface area contributed by atoms with Crippen LogP contribution in [0.4, 0.5) is 0 Å². The third-order valence-corrected chi connectivity index (χ3v) is 6.00. The molecule has 1 amide bonds. The minimum atomic E-state index is -0.214. The summed E-state index contributed by atoms with van der Waals surface area (Å²) in [7, 11) is 1.74. The van der Waals surface area contributed by atoms with Crippen LogP contribution in [0.3, 0.4) is 0 Å². The van der Waals surface area contributed by atoms with Gasteiger partial charge in [-0.1, -0.05) is 36.3 Å². The summed E-state index contributed by atoms with van der Waals surface area (Å²) < 4.78 is 11.3. The average Bonchev–Trinajstić information content (AvgIpc) is 3.26. The lowest BCUT2D eigenvalue weighted by Crippen LogP contribution is -2.49. The molecule has 2 heterocycles. The number of fused-ring (bicyclic) bond motifs is 2. The Bertz CT molecular complexity index is 817. The number of aryl methyl sites for hydroxylation is 1. The van der Waals surface area contributed by atoms with Crippen LogP contribution in [0.15, 0.2) is 34.9 Å². The Morgan fingerprint density at radius 3 is 2.82 bits per heavy atom. The summed E-state index contributed by atoms with van der Waals surface area (Å²) >= 11 is 0. The van der Waals surface area contributed by atoms with E-state index in [4.69, 9.17) is 9.26 Å². The van der Waals surface area contributed by atoms with Crippen molar-refractivity contribution in [2.75, 3.05) is 20.2 Å². The second kappa shape index (κ2) is 8.64. The molecule has 1 aliphatic heterocycles. The van der Waals surface area contributed by atoms with Gasteiger partial charge < -0.3 is 19.9 Å². The van der Waals surface area contributed by atoms with Crippen LogP contribution in [0, 0.1) is 0 Å². The summed E-state index contributed by atoms with van der Waals surface area (Å²) in [6.45, 7) is 3.98. The molecule has 1 fully saturated rings. The highest BCUT2D eigenvalue weighted by atomic mass is 35.5. The molecule has 1 aliphatic carbocycles. The van der Waals surface area contributed by atoms with Crippen LogP contribution in [0.5, 0.6) is 0 Å². The van der Waals surface area contributed by atoms with Gasteiger partial charge in [-0.15, -0.1) is 12.4 Å². The number of nitrogens with one attached hydrogen (secondary N) is 2. The molecule has 1 aromatic heterocycles. The number of rotatable bonds is 5. The molecular weight excluding hydrogens is 378 g/mol. The number of ether oxygens (including phenoxy) is 1. The lowest BCUT2D eigenvalue weighted by molar-refractivity contribution is 0.00389. The van der Waals surface area contributed by atoms with Crippen molar-refractivity contribution in [2.24, 2.45) is 0 Å². The van der Waals surface area contributed by atoms with E-state index in [0.717, 1.165) is 50.1 Å². The number of aromatic nitrogens is 1. The number of nitrogens with zero attached hydrogens (tertiary/aromatic N) is 1. The number of methoxy groups -OCH3 is 1. The largest absolute Gasteiger partial charge is 0.378 e. The summed E-state index contributed by atoms with van der Waals surface area (Å²) in [4.78, 5) is 12.9. The fourth-order valence-corrected chi connectivity index (χ4v) is 4.80. The summed E-state index contributed by atoms with van der Waals surface area (Å²) in [5, 5.41) is 10.6. The summed E-state index contributed by atoms with van der Waals surface area (Å²) in [5.74, 6) is 0.529. The van der Waals surface area contributed by atoms with E-state index in [1.807, 2.05) is 6.07 Å². The van der Waals surface area contributed by atoms with E-state index in [1.54, 1.807) is 13.2 Å². The third kappa shape index (κ3) is 3.45. The molecule has 0 radical (unpaired) electrons. The molecule has 0 saturated carbocycles. The van der Waals surface area contributed by atoms with Crippen molar-refractivity contribution >= 4 is 18.3 Å². The van der Waals surface area contributed by atoms with Gasteiger partial charge >= 0.3 is 0 Å². The minimum absolute atomic E-state index is 0. The van der Waals surface area contributed by atoms with Crippen LogP contribution in [-0.4, -0.2) is 37.4 Å². The van der Waals surface area contributed by atoms with Gasteiger partial charge in [0.05, 0.1) is 12.1 Å². The van der Waals surface area contributed by atoms with Crippen LogP contribution in [-0.2, 0) is 16.6 Å². The van der Waals surface area contributed by atoms with Gasteiger partial charge in [0.25, 0.3) is 5.91 Å². The first-order valence-corrected chi connectivity index (χ1v) is 9.79. The molecule has 2 N–H and O–H groups in total. The first-order chi connectivity index (χ1) is 13.2. The zero-order valence-corrected chi connectivity index (χ0v) is 17.2. The number of hydrogen-bond acceptors (Lipinski definition) is 5. The first-order valence-electron chi connectivity index (χ1n) is 9.79. The molecule has 2 aromatic rings. The zero-order valence-electron chi connectivity index (χ0n) is 16.4. The predicted molar refractivity (Wildman–Crippen MR) is 109 cm³/mol. The molecule has 4 rings (SSSR count). The van der Waals surface area contributed by atoms with E-state index in [-0.39, 0.29) is 35.9 Å². The van der Waals surface area contributed by atoms with E-state index in [2.05, 4.69) is 40.9 Å². The normalized spacial score (nSPS) is 22.5. The summed E-state index contributed by atoms with van der Waals surface area (Å²) in [6, 6.07) is 9.95. The maximum Gasteiger partial charge on any atom is 0.274 e. The molecule has 1 spiro atoms. The molecule has 7 heteroatoms. The molecule has 28 heavy (non-hydrogen) atoms. The minimum Gasteiger partial charge on any atom is -0.378 e. The summed E-state index contributed by atoms with van der Waals surface area (Å²) in [5.41, 5.74) is 2.72. The molecule has 0 bridgehead atoms. The molecule has 2 atom stereocenters. The first kappa shape index (κ1) is 20.8. The number of hydrogen-bond donors (Lipinski definition) is 2. The fraction of sp³-hybridized carbons (Fsp3) is 0.524. The second-order valence-electron chi connectivity index (χ2n) is 7.53. The van der Waals surface area contributed by atoms with E-state index >= 15 is 0 Å². The van der Waals surface area contributed by atoms with Gasteiger partial charge in [-0.25, -0.2) is 0 Å². The van der Waals surface area contributed by atoms with E-state index in [9.17, 15) is 4.79 Å². The zero-order chi connectivity index (χ0) is 18.9. The highest BCUT2D eigenvalue weighted by Gasteiger charge is 2.53. The number of halogens is 1. The van der Waals surface area contributed by atoms with Gasteiger partial charge in [-0.05, 0) is 43.5 Å². The van der Waals surface area contributed by atoms with Crippen molar-refractivity contribution in [2.45, 2.75) is 50.2 Å². The van der Waals surface area contributed by atoms with Gasteiger partial charge in [-0.2, -0.15) is 0 Å². The molecule has 0 unspecified atom stereocenters. The van der Waals surface area contributed by atoms with Crippen molar-refractivity contribution in [3.63, 3.8) is 0 Å². The van der Waals surface area contributed by atoms with Crippen molar-refractivity contribution in [1.29, 1.82) is 0 Å². The molecular formula is C21H28ClN3O3.